The Morgan fingerprint density at radius 2 is 2.38 bits per heavy atom. The van der Waals surface area contributed by atoms with Gasteiger partial charge >= 0.3 is 0 Å². The van der Waals surface area contributed by atoms with Gasteiger partial charge in [-0.1, -0.05) is 11.6 Å². The lowest BCUT2D eigenvalue weighted by Crippen LogP contribution is -2.29. The summed E-state index contributed by atoms with van der Waals surface area (Å²) in [6.07, 6.45) is 0.982. The smallest absolute Gasteiger partial charge is 0.266 e. The summed E-state index contributed by atoms with van der Waals surface area (Å²) in [6, 6.07) is 5.52. The number of hydrogen-bond acceptors (Lipinski definition) is 4. The Morgan fingerprint density at radius 3 is 3.14 bits per heavy atom. The number of rotatable bonds is 3. The number of methoxy groups -OCH3 is 1. The van der Waals surface area contributed by atoms with Crippen LogP contribution in [0.3, 0.4) is 0 Å². The van der Waals surface area contributed by atoms with E-state index in [0.717, 1.165) is 29.6 Å². The third-order valence-electron chi connectivity index (χ3n) is 3.86. The molecule has 1 unspecified atom stereocenters. The van der Waals surface area contributed by atoms with Crippen LogP contribution in [-0.4, -0.2) is 37.6 Å². The van der Waals surface area contributed by atoms with E-state index < -0.39 is 0 Å². The van der Waals surface area contributed by atoms with E-state index >= 15 is 0 Å². The van der Waals surface area contributed by atoms with E-state index in [1.54, 1.807) is 13.2 Å². The average molecular weight is 325 g/mol. The number of nitrogens with two attached hydrogens (primary N) is 1. The summed E-state index contributed by atoms with van der Waals surface area (Å²) < 4.78 is 6.12. The van der Waals surface area contributed by atoms with E-state index in [1.165, 1.54) is 11.3 Å². The van der Waals surface area contributed by atoms with Crippen LogP contribution in [0.5, 0.6) is 0 Å². The highest BCUT2D eigenvalue weighted by Gasteiger charge is 2.29. The van der Waals surface area contributed by atoms with Crippen LogP contribution in [-0.2, 0) is 4.74 Å². The predicted octanol–water partition coefficient (Wildman–Crippen LogP) is 3.25. The lowest BCUT2D eigenvalue weighted by molar-refractivity contribution is 0.0781. The topological polar surface area (TPSA) is 55.6 Å². The number of nitrogen functional groups attached to an aromatic ring is 1. The number of ether oxygens (including phenoxy) is 1. The van der Waals surface area contributed by atoms with Crippen LogP contribution in [0.25, 0.3) is 10.1 Å². The van der Waals surface area contributed by atoms with Gasteiger partial charge in [-0.15, -0.1) is 11.3 Å². The van der Waals surface area contributed by atoms with E-state index in [4.69, 9.17) is 22.1 Å². The third-order valence-corrected chi connectivity index (χ3v) is 5.25. The van der Waals surface area contributed by atoms with Crippen molar-refractivity contribution in [3.63, 3.8) is 0 Å². The lowest BCUT2D eigenvalue weighted by atomic mass is 10.1. The second kappa shape index (κ2) is 5.83. The van der Waals surface area contributed by atoms with Crippen molar-refractivity contribution in [2.75, 3.05) is 32.5 Å². The SMILES string of the molecule is COCC1CCN(C(=O)c2sc3cc(Cl)ccc3c2N)C1. The van der Waals surface area contributed by atoms with Crippen molar-refractivity contribution >= 4 is 44.6 Å². The number of carbonyl (C=O) groups is 1. The van der Waals surface area contributed by atoms with Gasteiger partial charge in [0, 0.05) is 41.2 Å². The van der Waals surface area contributed by atoms with Crippen LogP contribution in [0.1, 0.15) is 16.1 Å². The molecule has 0 radical (unpaired) electrons. The molecule has 2 N–H and O–H groups in total. The summed E-state index contributed by atoms with van der Waals surface area (Å²) in [5, 5.41) is 1.56. The second-order valence-corrected chi connectivity index (χ2v) is 6.84. The largest absolute Gasteiger partial charge is 0.397 e. The molecule has 1 aliphatic heterocycles. The number of likely N-dealkylation sites (tertiary alicyclic amines) is 1. The Bertz CT molecular complexity index is 686. The van der Waals surface area contributed by atoms with Crippen LogP contribution < -0.4 is 5.73 Å². The Balaban J connectivity index is 1.87. The summed E-state index contributed by atoms with van der Waals surface area (Å²) in [5.41, 5.74) is 6.71. The highest BCUT2D eigenvalue weighted by molar-refractivity contribution is 7.21. The molecule has 1 amide bonds. The predicted molar refractivity (Wildman–Crippen MR) is 87.1 cm³/mol. The molecule has 1 saturated heterocycles. The third kappa shape index (κ3) is 2.73. The van der Waals surface area contributed by atoms with Gasteiger partial charge in [-0.05, 0) is 24.6 Å². The molecule has 1 atom stereocenters. The minimum Gasteiger partial charge on any atom is -0.397 e. The quantitative estimate of drug-likeness (QED) is 0.943. The zero-order valence-corrected chi connectivity index (χ0v) is 13.3. The van der Waals surface area contributed by atoms with Crippen LogP contribution in [0, 0.1) is 5.92 Å². The molecule has 1 aromatic heterocycles. The second-order valence-electron chi connectivity index (χ2n) is 5.35. The number of carbonyl (C=O) groups excluding carboxylic acids is 1. The molecule has 1 fully saturated rings. The number of amides is 1. The monoisotopic (exact) mass is 324 g/mol. The molecule has 2 heterocycles. The maximum Gasteiger partial charge on any atom is 0.266 e. The number of nitrogens with zero attached hydrogens (tertiary/aromatic N) is 1. The van der Waals surface area contributed by atoms with Crippen LogP contribution in [0.4, 0.5) is 5.69 Å². The number of benzene rings is 1. The maximum absolute atomic E-state index is 12.7. The molecular formula is C15H17ClN2O2S. The first-order valence-corrected chi connectivity index (χ1v) is 8.05. The maximum atomic E-state index is 12.7. The van der Waals surface area contributed by atoms with E-state index in [1.807, 2.05) is 17.0 Å². The molecule has 0 aliphatic carbocycles. The normalized spacial score (nSPS) is 18.6. The van der Waals surface area contributed by atoms with E-state index in [-0.39, 0.29) is 5.91 Å². The van der Waals surface area contributed by atoms with Crippen LogP contribution in [0.2, 0.25) is 5.02 Å². The van der Waals surface area contributed by atoms with Gasteiger partial charge < -0.3 is 15.4 Å². The number of anilines is 1. The van der Waals surface area contributed by atoms with Crippen molar-refractivity contribution in [2.24, 2.45) is 5.92 Å². The minimum absolute atomic E-state index is 0.0171. The first kappa shape index (κ1) is 14.6. The van der Waals surface area contributed by atoms with Crippen molar-refractivity contribution in [1.82, 2.24) is 4.90 Å². The summed E-state index contributed by atoms with van der Waals surface area (Å²) >= 11 is 7.41. The summed E-state index contributed by atoms with van der Waals surface area (Å²) in [5.74, 6) is 0.437. The molecule has 0 spiro atoms. The Kier molecular flexibility index (Phi) is 4.06. The molecule has 21 heavy (non-hydrogen) atoms. The zero-order chi connectivity index (χ0) is 15.0. The number of thiophene rings is 1. The lowest BCUT2D eigenvalue weighted by Gasteiger charge is -2.15. The zero-order valence-electron chi connectivity index (χ0n) is 11.8. The van der Waals surface area contributed by atoms with Gasteiger partial charge in [0.25, 0.3) is 5.91 Å². The molecule has 1 aliphatic rings. The first-order chi connectivity index (χ1) is 10.1. The van der Waals surface area contributed by atoms with Gasteiger partial charge in [-0.3, -0.25) is 4.79 Å². The van der Waals surface area contributed by atoms with Gasteiger partial charge in [-0.25, -0.2) is 0 Å². The summed E-state index contributed by atoms with van der Waals surface area (Å²) in [6.45, 7) is 2.20. The Morgan fingerprint density at radius 1 is 1.57 bits per heavy atom. The Labute approximate surface area is 132 Å². The first-order valence-electron chi connectivity index (χ1n) is 6.86. The van der Waals surface area contributed by atoms with E-state index in [0.29, 0.717) is 28.1 Å². The number of fused-ring (bicyclic) bond motifs is 1. The summed E-state index contributed by atoms with van der Waals surface area (Å²) in [7, 11) is 1.69. The molecular weight excluding hydrogens is 308 g/mol. The average Bonchev–Trinajstić information content (AvgIpc) is 3.04. The number of halogens is 1. The molecule has 112 valence electrons. The fraction of sp³-hybridized carbons (Fsp3) is 0.400. The fourth-order valence-electron chi connectivity index (χ4n) is 2.78. The van der Waals surface area contributed by atoms with Gasteiger partial charge in [0.15, 0.2) is 0 Å². The van der Waals surface area contributed by atoms with Crippen molar-refractivity contribution in [1.29, 1.82) is 0 Å². The molecule has 3 rings (SSSR count). The van der Waals surface area contributed by atoms with Crippen LogP contribution >= 0.6 is 22.9 Å². The molecule has 4 nitrogen and oxygen atoms in total. The van der Waals surface area contributed by atoms with E-state index in [9.17, 15) is 4.79 Å². The highest BCUT2D eigenvalue weighted by Crippen LogP contribution is 2.36. The van der Waals surface area contributed by atoms with Gasteiger partial charge in [-0.2, -0.15) is 0 Å². The fourth-order valence-corrected chi connectivity index (χ4v) is 4.15. The Hall–Kier alpha value is -1.30. The van der Waals surface area contributed by atoms with Crippen molar-refractivity contribution in [3.05, 3.63) is 28.1 Å². The molecule has 1 aromatic carbocycles. The van der Waals surface area contributed by atoms with E-state index in [2.05, 4.69) is 0 Å². The summed E-state index contributed by atoms with van der Waals surface area (Å²) in [4.78, 5) is 15.1. The number of hydrogen-bond donors (Lipinski definition) is 1. The molecule has 2 aromatic rings. The van der Waals surface area contributed by atoms with Gasteiger partial charge in [0.1, 0.15) is 4.88 Å². The highest BCUT2D eigenvalue weighted by atomic mass is 35.5. The van der Waals surface area contributed by atoms with Crippen molar-refractivity contribution < 1.29 is 9.53 Å². The molecule has 0 bridgehead atoms. The molecule has 0 saturated carbocycles. The van der Waals surface area contributed by atoms with Crippen molar-refractivity contribution in [2.45, 2.75) is 6.42 Å². The standard InChI is InChI=1S/C15H17ClN2O2S/c1-20-8-9-4-5-18(7-9)15(19)14-13(17)11-3-2-10(16)6-12(11)21-14/h2-3,6,9H,4-5,7-8,17H2,1H3. The van der Waals surface area contributed by atoms with Crippen LogP contribution in [0.15, 0.2) is 18.2 Å². The molecule has 6 heteroatoms. The van der Waals surface area contributed by atoms with Gasteiger partial charge in [0.2, 0.25) is 0 Å². The van der Waals surface area contributed by atoms with Gasteiger partial charge in [0.05, 0.1) is 12.3 Å². The minimum atomic E-state index is 0.0171. The van der Waals surface area contributed by atoms with Crippen molar-refractivity contribution in [3.8, 4) is 0 Å².